The van der Waals surface area contributed by atoms with Crippen LogP contribution in [0.3, 0.4) is 0 Å². The Morgan fingerprint density at radius 3 is 1.21 bits per heavy atom. The quantitative estimate of drug-likeness (QED) is 0.0353. The molecule has 13 N–H and O–H groups in total. The van der Waals surface area contributed by atoms with E-state index in [9.17, 15) is 64.5 Å². The van der Waals surface area contributed by atoms with Gasteiger partial charge >= 0.3 is 11.4 Å². The average molecular weight is 2580 g/mol. The molecule has 764 valence electrons. The second kappa shape index (κ2) is 49.8. The van der Waals surface area contributed by atoms with E-state index in [-0.39, 0.29) is 315 Å². The van der Waals surface area contributed by atoms with Crippen molar-refractivity contribution in [1.29, 1.82) is 0 Å². The SMILES string of the molecule is CCOc1nc(N)nc2c1ncn2[C@@H]1O[C@@]2(CO[PH](C)=O)CO[C@@H]1[C@@H]2F.C[PH](=O)OC[C@@]12CO[C@@H]([C@H](n3cnc4c(N)nc(N)nc43)O1)[C@@H]2F.C[PH](=O)OC[C@@]12CO[C@@H]([C@H](n3cnc4c(N)ncnc43)O1)[C@@H]2F.C[PH](=O)OC[C@]12CO[C@H](C1)[C@H](n1ccc(=O)[nH]c1=O)O2.C[PH](=O)OC[C@]12CO[C@H](C1)[C@H](n1cnc3c(=O)[nH]c(N)nc31)O2.Cc1cn([C@@H]2O[C@@]3(CO[PH](C)=O)CO[C@@H]2C3)c(=O)[nH]c1=O.[Y].[Y].[Y].[Y].[Y].[Y]. The van der Waals surface area contributed by atoms with Gasteiger partial charge in [0.2, 0.25) is 23.7 Å². The summed E-state index contributed by atoms with van der Waals surface area (Å²) < 4.78 is 226. The van der Waals surface area contributed by atoms with E-state index in [4.69, 9.17) is 117 Å². The van der Waals surface area contributed by atoms with Gasteiger partial charge in [-0.25, -0.2) is 52.7 Å². The van der Waals surface area contributed by atoms with Crippen LogP contribution in [0.15, 0.2) is 74.1 Å². The fourth-order valence-corrected chi connectivity index (χ4v) is 20.4. The molecule has 22 heterocycles. The zero-order valence-corrected chi connectivity index (χ0v) is 100. The van der Waals surface area contributed by atoms with E-state index in [1.165, 1.54) is 104 Å². The number of ether oxygens (including phenoxy) is 13. The molecule has 0 aromatic carbocycles. The van der Waals surface area contributed by atoms with Gasteiger partial charge in [-0.3, -0.25) is 84.1 Å². The van der Waals surface area contributed by atoms with E-state index in [0.717, 1.165) is 0 Å². The number of aromatic nitrogens is 20. The summed E-state index contributed by atoms with van der Waals surface area (Å²) in [5, 5.41) is 0. The van der Waals surface area contributed by atoms with Crippen molar-refractivity contribution < 1.29 is 326 Å². The third kappa shape index (κ3) is 25.3. The maximum Gasteiger partial charge on any atom is 0.330 e. The van der Waals surface area contributed by atoms with Gasteiger partial charge in [-0.1, -0.05) is 0 Å². The number of aryl methyl sites for hydroxylation is 1. The molecule has 6 radical (unpaired) electrons. The number of anilines is 5. The fraction of sp³-hybridized carbons (Fsp3) is 0.616. The normalized spacial score (nSPS) is 31.3. The maximum atomic E-state index is 14.9. The number of alkyl halides is 3. The molecule has 10 aromatic heterocycles. The Balaban J connectivity index is 0.000000163. The van der Waals surface area contributed by atoms with E-state index >= 15 is 0 Å². The third-order valence-electron chi connectivity index (χ3n) is 24.1. The number of H-pyrrole nitrogens is 3. The number of hydrogen-bond donors (Lipinski definition) is 8. The van der Waals surface area contributed by atoms with Crippen molar-refractivity contribution in [2.24, 2.45) is 0 Å². The first-order valence-corrected chi connectivity index (χ1v) is 53.3. The predicted octanol–water partition coefficient (Wildman–Crippen LogP) is 1.18. The molecule has 70 heteroatoms. The van der Waals surface area contributed by atoms with E-state index < -0.39 is 184 Å². The summed E-state index contributed by atoms with van der Waals surface area (Å²) in [7, 11) is -12.8. The van der Waals surface area contributed by atoms with Crippen molar-refractivity contribution in [2.75, 3.05) is 155 Å². The Bertz CT molecular complexity index is 6740. The Morgan fingerprint density at radius 1 is 0.406 bits per heavy atom. The first-order valence-electron chi connectivity index (χ1n) is 42.4. The predicted molar refractivity (Wildman–Crippen MR) is 474 cm³/mol. The molecule has 27 atom stereocenters. The second-order valence-electron chi connectivity index (χ2n) is 34.0. The standard InChI is InChI=1S/C14H19FN5O5P.C12H16FN6O4P.C12H15FN5O4P.C12H16N5O5P.C12H17N2O6P.C11H15N2O6P.6Y/c1-3-22-11-7-10(18-13(16)19-11)20(6-17-7)12-8-9(15)14(25-12,4-23-8)5-24-26(2)21;1-24(20)22-3-12-2-21-6(7(12)13)10(23-12)19-4-16-5-8(14)17-11(15)18-9(5)19;1-23(19)21-3-12-2-20-7(8(12)13)11(22-12)18-5-17-6-9(14)15-4-16-10(6)18;1-23(19)21-4-12-2-6(20-3-12)10(22-12)17-5-14-7-8(17)15-11(13)16-9(7)18;1-7-4-14(11(16)13-9(7)15)10-8-3-12(20-10,5-18-8)6-19-21(2)17;1-20(16)18-6-11-4-7(17-5-11)9(19-11)13-3-2-8(14)12-10(13)15;;;;;;/h6,8-9,12,26H,3-5H2,1-2H3,(H2,16,18,19);4,6-7,10,24H,2-3H2,1H3,(H4,14,15,17,18);4-5,7-8,11,23H,2-3H2,1H3,(H2,14,15,16);5-6,10,23H,2-4H2,1H3,(H3,13,15,16,18);4,8,10,21H,3,5-6H2,1-2H3,(H,13,15,16);2-3,7,9,20H,4-6H2,1H3,(H,12,14,15);;;;;;/t8-,9+,12-,14-;6-,7+,10-,12-;7-,8+,11-,12-;6-,10-,12-;8-,10-,12-;7-,9-,11-;;;;;;/m111111....../s1. The second-order valence-corrected chi connectivity index (χ2v) is 41.6. The number of halogens is 3. The number of imidazole rings is 4. The number of nitrogen functional groups attached to an aromatic ring is 5. The fourth-order valence-electron chi connectivity index (χ4n) is 17.7. The number of nitrogens with zero attached hydrogens (tertiary/aromatic N) is 17. The van der Waals surface area contributed by atoms with Gasteiger partial charge in [0, 0.05) is 280 Å². The maximum absolute atomic E-state index is 14.9. The van der Waals surface area contributed by atoms with Crippen LogP contribution in [0.1, 0.15) is 69.1 Å². The Labute approximate surface area is 961 Å². The minimum atomic E-state index is -2.22. The number of rotatable bonds is 26. The zero-order chi connectivity index (χ0) is 97.4. The smallest absolute Gasteiger partial charge is 0.330 e. The minimum absolute atomic E-state index is 0. The van der Waals surface area contributed by atoms with Crippen molar-refractivity contribution in [3.8, 4) is 5.88 Å². The summed E-state index contributed by atoms with van der Waals surface area (Å²) >= 11 is 0. The van der Waals surface area contributed by atoms with Gasteiger partial charge in [0.15, 0.2) is 166 Å². The molecule has 0 aliphatic carbocycles. The van der Waals surface area contributed by atoms with Gasteiger partial charge in [0.25, 0.3) is 16.7 Å². The molecule has 6 unspecified atom stereocenters. The molecule has 143 heavy (non-hydrogen) atoms. The van der Waals surface area contributed by atoms with E-state index in [2.05, 4.69) is 69.8 Å². The van der Waals surface area contributed by atoms with Gasteiger partial charge < -0.3 is 117 Å². The van der Waals surface area contributed by atoms with Crippen molar-refractivity contribution >= 4 is 122 Å². The molecule has 12 bridgehead atoms. The van der Waals surface area contributed by atoms with Crippen LogP contribution in [0.4, 0.5) is 42.7 Å². The van der Waals surface area contributed by atoms with Crippen LogP contribution in [-0.2, 0) is 308 Å². The Morgan fingerprint density at radius 2 is 0.776 bits per heavy atom. The molecule has 10 aromatic rings. The number of nitrogens with one attached hydrogen (secondary N) is 3. The number of aromatic amines is 3. The topological polar surface area (TPSA) is 712 Å². The first kappa shape index (κ1) is 120. The van der Waals surface area contributed by atoms with Crippen LogP contribution in [0.25, 0.3) is 44.7 Å². The molecule has 12 aliphatic heterocycles. The van der Waals surface area contributed by atoms with Gasteiger partial charge in [-0.05, 0) is 13.8 Å². The number of hydrogen-bond acceptors (Lipinski definition) is 46. The van der Waals surface area contributed by atoms with Crippen molar-refractivity contribution in [3.05, 3.63) is 108 Å². The van der Waals surface area contributed by atoms with Crippen LogP contribution in [0.5, 0.6) is 5.88 Å². The van der Waals surface area contributed by atoms with Crippen LogP contribution < -0.4 is 61.5 Å². The van der Waals surface area contributed by atoms with E-state index in [1.807, 2.05) is 6.92 Å². The van der Waals surface area contributed by atoms with Crippen LogP contribution >= 0.6 is 48.2 Å². The van der Waals surface area contributed by atoms with Crippen molar-refractivity contribution in [3.63, 3.8) is 0 Å². The molecule has 12 saturated heterocycles. The molecule has 22 rings (SSSR count). The summed E-state index contributed by atoms with van der Waals surface area (Å²) in [5.41, 5.74) is 23.5. The van der Waals surface area contributed by atoms with Crippen LogP contribution in [0, 0.1) is 6.92 Å². The van der Waals surface area contributed by atoms with E-state index in [1.54, 1.807) is 20.6 Å². The summed E-state index contributed by atoms with van der Waals surface area (Å²) in [4.78, 5) is 110. The van der Waals surface area contributed by atoms with E-state index in [0.29, 0.717) is 90.4 Å². The Hall–Kier alpha value is -2.77. The molecule has 12 aliphatic rings. The number of nitrogens with two attached hydrogens (primary N) is 5. The summed E-state index contributed by atoms with van der Waals surface area (Å²) in [5.74, 6) is 0.599. The minimum Gasteiger partial charge on any atom is -0.476 e. The molecule has 55 nitrogen and oxygen atoms in total. The monoisotopic (exact) mass is 2580 g/mol. The zero-order valence-electron chi connectivity index (χ0n) is 77.4. The summed E-state index contributed by atoms with van der Waals surface area (Å²) in [6.45, 7) is 14.0. The van der Waals surface area contributed by atoms with Crippen molar-refractivity contribution in [1.82, 2.24) is 97.2 Å². The van der Waals surface area contributed by atoms with Gasteiger partial charge in [0.05, 0.1) is 111 Å². The summed E-state index contributed by atoms with van der Waals surface area (Å²) in [6.07, 6.45) is 0.114. The molecule has 0 amide bonds. The first-order chi connectivity index (χ1) is 65.2. The van der Waals surface area contributed by atoms with Crippen LogP contribution in [0.2, 0.25) is 0 Å². The van der Waals surface area contributed by atoms with Gasteiger partial charge in [0.1, 0.15) is 70.8 Å². The summed E-state index contributed by atoms with van der Waals surface area (Å²) in [6, 6.07) is 1.25. The Kier molecular flexibility index (Phi) is 41.9. The van der Waals surface area contributed by atoms with Crippen molar-refractivity contribution in [2.45, 2.75) is 159 Å². The molecule has 0 saturated carbocycles. The van der Waals surface area contributed by atoms with Crippen LogP contribution in [-0.4, -0.2) is 312 Å². The van der Waals surface area contributed by atoms with Gasteiger partial charge in [-0.15, -0.1) is 0 Å². The third-order valence-corrected chi connectivity index (χ3v) is 27.4. The average Bonchev–Trinajstić information content (AvgIpc) is 1.57. The molecule has 0 spiro atoms. The molecular weight excluding hydrogens is 2480 g/mol. The molecular formula is C73H98F3N25O30P6Y6. The van der Waals surface area contributed by atoms with Gasteiger partial charge in [-0.2, -0.15) is 24.9 Å². The number of fused-ring (bicyclic) bond motifs is 16. The molecule has 12 fully saturated rings. The largest absolute Gasteiger partial charge is 0.476 e.